The lowest BCUT2D eigenvalue weighted by Gasteiger charge is -2.13. The molecule has 0 heterocycles. The largest absolute Gasteiger partial charge is 0.490 e. The van der Waals surface area contributed by atoms with Crippen LogP contribution < -0.4 is 4.74 Å². The second-order valence-electron chi connectivity index (χ2n) is 5.03. The van der Waals surface area contributed by atoms with Crippen molar-refractivity contribution in [1.82, 2.24) is 0 Å². The zero-order valence-corrected chi connectivity index (χ0v) is 12.7. The lowest BCUT2D eigenvalue weighted by atomic mass is 10.0. The van der Waals surface area contributed by atoms with Crippen molar-refractivity contribution < 1.29 is 14.3 Å². The summed E-state index contributed by atoms with van der Waals surface area (Å²) in [5, 5.41) is 2.04. The average Bonchev–Trinajstić information content (AvgIpc) is 2.50. The van der Waals surface area contributed by atoms with Crippen LogP contribution in [0.15, 0.2) is 36.4 Å². The number of hydrogen-bond acceptors (Lipinski definition) is 3. The van der Waals surface area contributed by atoms with Gasteiger partial charge in [-0.25, -0.2) is 0 Å². The SMILES string of the molecule is CCCCOCCOc1c(C(C)=O)ccc2ccccc12. The molecule has 3 nitrogen and oxygen atoms in total. The molecular formula is C18H22O3. The first kappa shape index (κ1) is 15.5. The number of ether oxygens (including phenoxy) is 2. The molecule has 0 saturated carbocycles. The summed E-state index contributed by atoms with van der Waals surface area (Å²) in [5.41, 5.74) is 0.627. The van der Waals surface area contributed by atoms with Gasteiger partial charge < -0.3 is 9.47 Å². The third kappa shape index (κ3) is 4.05. The quantitative estimate of drug-likeness (QED) is 0.538. The minimum Gasteiger partial charge on any atom is -0.490 e. The van der Waals surface area contributed by atoms with E-state index in [1.165, 1.54) is 0 Å². The fraction of sp³-hybridized carbons (Fsp3) is 0.389. The fourth-order valence-electron chi connectivity index (χ4n) is 2.23. The lowest BCUT2D eigenvalue weighted by molar-refractivity contribution is 0.0952. The Bertz CT molecular complexity index is 604. The summed E-state index contributed by atoms with van der Waals surface area (Å²) in [6.45, 7) is 5.46. The average molecular weight is 286 g/mol. The Morgan fingerprint density at radius 3 is 2.62 bits per heavy atom. The van der Waals surface area contributed by atoms with E-state index in [2.05, 4.69) is 6.92 Å². The molecule has 112 valence electrons. The van der Waals surface area contributed by atoms with Gasteiger partial charge in [-0.15, -0.1) is 0 Å². The summed E-state index contributed by atoms with van der Waals surface area (Å²) < 4.78 is 11.3. The van der Waals surface area contributed by atoms with Crippen molar-refractivity contribution >= 4 is 16.6 Å². The van der Waals surface area contributed by atoms with Gasteiger partial charge in [0, 0.05) is 12.0 Å². The molecule has 0 unspecified atom stereocenters. The predicted molar refractivity (Wildman–Crippen MR) is 85.2 cm³/mol. The maximum atomic E-state index is 11.8. The molecule has 0 amide bonds. The minimum absolute atomic E-state index is 0.0163. The molecule has 0 aliphatic rings. The van der Waals surface area contributed by atoms with Crippen molar-refractivity contribution in [3.8, 4) is 5.75 Å². The molecule has 2 rings (SSSR count). The topological polar surface area (TPSA) is 35.5 Å². The first-order valence-electron chi connectivity index (χ1n) is 7.47. The van der Waals surface area contributed by atoms with E-state index in [0.717, 1.165) is 30.2 Å². The fourth-order valence-corrected chi connectivity index (χ4v) is 2.23. The molecule has 3 heteroatoms. The Morgan fingerprint density at radius 1 is 1.05 bits per heavy atom. The zero-order valence-electron chi connectivity index (χ0n) is 12.7. The smallest absolute Gasteiger partial charge is 0.163 e. The molecule has 0 spiro atoms. The number of benzene rings is 2. The molecule has 0 N–H and O–H groups in total. The highest BCUT2D eigenvalue weighted by molar-refractivity contribution is 6.03. The molecule has 0 aromatic heterocycles. The number of carbonyl (C=O) groups is 1. The van der Waals surface area contributed by atoms with Crippen molar-refractivity contribution in [1.29, 1.82) is 0 Å². The Hall–Kier alpha value is -1.87. The summed E-state index contributed by atoms with van der Waals surface area (Å²) in [7, 11) is 0. The summed E-state index contributed by atoms with van der Waals surface area (Å²) in [4.78, 5) is 11.8. The standard InChI is InChI=1S/C18H22O3/c1-3-4-11-20-12-13-21-18-16(14(2)19)10-9-15-7-5-6-8-17(15)18/h5-10H,3-4,11-13H2,1-2H3. The molecule has 0 saturated heterocycles. The molecule has 0 fully saturated rings. The Balaban J connectivity index is 2.12. The highest BCUT2D eigenvalue weighted by Crippen LogP contribution is 2.30. The van der Waals surface area contributed by atoms with Crippen molar-refractivity contribution in [2.24, 2.45) is 0 Å². The third-order valence-electron chi connectivity index (χ3n) is 3.38. The monoisotopic (exact) mass is 286 g/mol. The van der Waals surface area contributed by atoms with E-state index in [1.54, 1.807) is 6.92 Å². The van der Waals surface area contributed by atoms with Gasteiger partial charge in [-0.2, -0.15) is 0 Å². The van der Waals surface area contributed by atoms with Crippen LogP contribution in [-0.2, 0) is 4.74 Å². The van der Waals surface area contributed by atoms with E-state index in [9.17, 15) is 4.79 Å². The number of fused-ring (bicyclic) bond motifs is 1. The molecule has 0 aliphatic carbocycles. The number of Topliss-reactive ketones (excluding diaryl/α,β-unsaturated/α-hetero) is 1. The second kappa shape index (κ2) is 7.79. The van der Waals surface area contributed by atoms with E-state index >= 15 is 0 Å². The van der Waals surface area contributed by atoms with Crippen molar-refractivity contribution in [2.75, 3.05) is 19.8 Å². The maximum absolute atomic E-state index is 11.8. The number of hydrogen-bond donors (Lipinski definition) is 0. The molecule has 2 aromatic carbocycles. The summed E-state index contributed by atoms with van der Waals surface area (Å²) in [5.74, 6) is 0.683. The van der Waals surface area contributed by atoms with E-state index in [-0.39, 0.29) is 5.78 Å². The molecule has 21 heavy (non-hydrogen) atoms. The molecule has 0 atom stereocenters. The van der Waals surface area contributed by atoms with Crippen LogP contribution in [0, 0.1) is 0 Å². The molecule has 0 aliphatic heterocycles. The van der Waals surface area contributed by atoms with Gasteiger partial charge in [0.05, 0.1) is 12.2 Å². The highest BCUT2D eigenvalue weighted by atomic mass is 16.5. The van der Waals surface area contributed by atoms with Crippen LogP contribution in [0.3, 0.4) is 0 Å². The van der Waals surface area contributed by atoms with Gasteiger partial charge in [-0.3, -0.25) is 4.79 Å². The lowest BCUT2D eigenvalue weighted by Crippen LogP contribution is -2.10. The van der Waals surface area contributed by atoms with Gasteiger partial charge in [0.1, 0.15) is 12.4 Å². The van der Waals surface area contributed by atoms with Crippen molar-refractivity contribution in [3.05, 3.63) is 42.0 Å². The van der Waals surface area contributed by atoms with Crippen LogP contribution in [0.1, 0.15) is 37.0 Å². The van der Waals surface area contributed by atoms with Gasteiger partial charge in [0.2, 0.25) is 0 Å². The zero-order chi connectivity index (χ0) is 15.1. The van der Waals surface area contributed by atoms with Crippen LogP contribution in [0.25, 0.3) is 10.8 Å². The van der Waals surface area contributed by atoms with Gasteiger partial charge >= 0.3 is 0 Å². The third-order valence-corrected chi connectivity index (χ3v) is 3.38. The van der Waals surface area contributed by atoms with Gasteiger partial charge in [-0.05, 0) is 24.8 Å². The van der Waals surface area contributed by atoms with Crippen LogP contribution in [0.5, 0.6) is 5.75 Å². The van der Waals surface area contributed by atoms with E-state index < -0.39 is 0 Å². The molecular weight excluding hydrogens is 264 g/mol. The summed E-state index contributed by atoms with van der Waals surface area (Å²) in [6.07, 6.45) is 2.19. The molecule has 0 bridgehead atoms. The van der Waals surface area contributed by atoms with Crippen molar-refractivity contribution in [2.45, 2.75) is 26.7 Å². The van der Waals surface area contributed by atoms with Crippen LogP contribution in [0.4, 0.5) is 0 Å². The maximum Gasteiger partial charge on any atom is 0.163 e. The predicted octanol–water partition coefficient (Wildman–Crippen LogP) is 4.24. The molecule has 0 radical (unpaired) electrons. The van der Waals surface area contributed by atoms with Gasteiger partial charge in [0.15, 0.2) is 5.78 Å². The summed E-state index contributed by atoms with van der Waals surface area (Å²) >= 11 is 0. The number of rotatable bonds is 8. The Kier molecular flexibility index (Phi) is 5.76. The Morgan fingerprint density at radius 2 is 1.86 bits per heavy atom. The Labute approximate surface area is 125 Å². The first-order chi connectivity index (χ1) is 10.2. The number of ketones is 1. The van der Waals surface area contributed by atoms with Gasteiger partial charge in [-0.1, -0.05) is 43.7 Å². The minimum atomic E-state index is 0.0163. The van der Waals surface area contributed by atoms with E-state index in [0.29, 0.717) is 24.5 Å². The van der Waals surface area contributed by atoms with Crippen LogP contribution in [-0.4, -0.2) is 25.6 Å². The molecule has 2 aromatic rings. The second-order valence-corrected chi connectivity index (χ2v) is 5.03. The normalized spacial score (nSPS) is 10.8. The summed E-state index contributed by atoms with van der Waals surface area (Å²) in [6, 6.07) is 11.7. The van der Waals surface area contributed by atoms with Crippen molar-refractivity contribution in [3.63, 3.8) is 0 Å². The number of carbonyl (C=O) groups excluding carboxylic acids is 1. The van der Waals surface area contributed by atoms with E-state index in [1.807, 2.05) is 36.4 Å². The van der Waals surface area contributed by atoms with E-state index in [4.69, 9.17) is 9.47 Å². The van der Waals surface area contributed by atoms with Crippen LogP contribution >= 0.6 is 0 Å². The number of unbranched alkanes of at least 4 members (excludes halogenated alkanes) is 1. The highest BCUT2D eigenvalue weighted by Gasteiger charge is 2.12. The van der Waals surface area contributed by atoms with Gasteiger partial charge in [0.25, 0.3) is 0 Å². The first-order valence-corrected chi connectivity index (χ1v) is 7.47. The van der Waals surface area contributed by atoms with Crippen LogP contribution in [0.2, 0.25) is 0 Å².